The third-order valence-electron chi connectivity index (χ3n) is 2.98. The van der Waals surface area contributed by atoms with E-state index in [2.05, 4.69) is 21.8 Å². The number of imidazole rings is 1. The van der Waals surface area contributed by atoms with Crippen LogP contribution in [-0.2, 0) is 12.3 Å². The van der Waals surface area contributed by atoms with Crippen molar-refractivity contribution in [2.75, 3.05) is 0 Å². The highest BCUT2D eigenvalue weighted by Crippen LogP contribution is 2.21. The van der Waals surface area contributed by atoms with Crippen molar-refractivity contribution in [3.05, 3.63) is 54.8 Å². The van der Waals surface area contributed by atoms with Crippen molar-refractivity contribution in [3.63, 3.8) is 0 Å². The number of pyridine rings is 1. The van der Waals surface area contributed by atoms with E-state index in [1.54, 1.807) is 11.8 Å². The Morgan fingerprint density at radius 2 is 2.25 bits per heavy atom. The summed E-state index contributed by atoms with van der Waals surface area (Å²) in [5.41, 5.74) is 2.00. The summed E-state index contributed by atoms with van der Waals surface area (Å²) >= 11 is 1.64. The molecule has 0 radical (unpaired) electrons. The van der Waals surface area contributed by atoms with Gasteiger partial charge in [-0.1, -0.05) is 23.9 Å². The molecule has 0 fully saturated rings. The van der Waals surface area contributed by atoms with Gasteiger partial charge >= 0.3 is 0 Å². The minimum absolute atomic E-state index is 0.729. The molecular weight excluding hydrogens is 270 g/mol. The number of hydrogen-bond acceptors (Lipinski definition) is 4. The summed E-state index contributed by atoms with van der Waals surface area (Å²) in [5.74, 6) is 1.68. The Morgan fingerprint density at radius 1 is 1.35 bits per heavy atom. The van der Waals surface area contributed by atoms with Crippen molar-refractivity contribution in [3.8, 4) is 0 Å². The van der Waals surface area contributed by atoms with Crippen LogP contribution >= 0.6 is 11.8 Å². The molecule has 0 aliphatic carbocycles. The second-order valence-corrected chi connectivity index (χ2v) is 5.36. The number of aromatic nitrogens is 5. The van der Waals surface area contributed by atoms with E-state index in [0.717, 1.165) is 34.6 Å². The van der Waals surface area contributed by atoms with Gasteiger partial charge in [-0.3, -0.25) is 0 Å². The molecule has 3 aromatic rings. The number of rotatable bonds is 5. The van der Waals surface area contributed by atoms with Crippen molar-refractivity contribution in [1.29, 1.82) is 0 Å². The molecule has 0 spiro atoms. The van der Waals surface area contributed by atoms with Gasteiger partial charge in [-0.25, -0.2) is 4.98 Å². The monoisotopic (exact) mass is 285 g/mol. The lowest BCUT2D eigenvalue weighted by molar-refractivity contribution is 0.703. The molecule has 0 saturated heterocycles. The van der Waals surface area contributed by atoms with Crippen LogP contribution in [-0.4, -0.2) is 24.1 Å². The van der Waals surface area contributed by atoms with Crippen molar-refractivity contribution in [2.24, 2.45) is 0 Å². The first-order valence-corrected chi connectivity index (χ1v) is 7.32. The van der Waals surface area contributed by atoms with E-state index in [1.807, 2.05) is 52.6 Å². The third-order valence-corrected chi connectivity index (χ3v) is 3.98. The van der Waals surface area contributed by atoms with Crippen molar-refractivity contribution in [1.82, 2.24) is 24.1 Å². The molecule has 102 valence electrons. The van der Waals surface area contributed by atoms with Gasteiger partial charge < -0.3 is 8.97 Å². The fraction of sp³-hybridized carbons (Fsp3) is 0.214. The second-order valence-electron chi connectivity index (χ2n) is 4.42. The van der Waals surface area contributed by atoms with Gasteiger partial charge in [0.05, 0.1) is 5.69 Å². The molecule has 5 nitrogen and oxygen atoms in total. The van der Waals surface area contributed by atoms with Crippen LogP contribution in [0.2, 0.25) is 0 Å². The molecule has 6 heteroatoms. The maximum atomic E-state index is 4.57. The number of thioether (sulfide) groups is 1. The van der Waals surface area contributed by atoms with Crippen LogP contribution in [0.5, 0.6) is 0 Å². The highest BCUT2D eigenvalue weighted by molar-refractivity contribution is 7.98. The Hall–Kier alpha value is -2.08. The lowest BCUT2D eigenvalue weighted by Gasteiger charge is -2.03. The van der Waals surface area contributed by atoms with Crippen molar-refractivity contribution >= 4 is 17.4 Å². The topological polar surface area (TPSA) is 48.0 Å². The van der Waals surface area contributed by atoms with Crippen LogP contribution in [0.1, 0.15) is 11.5 Å². The minimum Gasteiger partial charge on any atom is -0.307 e. The quantitative estimate of drug-likeness (QED) is 0.534. The fourth-order valence-electron chi connectivity index (χ4n) is 2.00. The maximum Gasteiger partial charge on any atom is 0.191 e. The first-order chi connectivity index (χ1) is 9.78. The van der Waals surface area contributed by atoms with Crippen LogP contribution in [0.15, 0.2) is 48.4 Å². The number of hydrogen-bond donors (Lipinski definition) is 0. The summed E-state index contributed by atoms with van der Waals surface area (Å²) in [4.78, 5) is 4.57. The molecule has 0 unspecified atom stereocenters. The second kappa shape index (κ2) is 5.50. The van der Waals surface area contributed by atoms with Gasteiger partial charge in [0.1, 0.15) is 11.5 Å². The van der Waals surface area contributed by atoms with Crippen LogP contribution < -0.4 is 0 Å². The van der Waals surface area contributed by atoms with E-state index >= 15 is 0 Å². The first kappa shape index (κ1) is 12.9. The molecule has 20 heavy (non-hydrogen) atoms. The summed E-state index contributed by atoms with van der Waals surface area (Å²) in [6, 6.07) is 5.98. The lowest BCUT2D eigenvalue weighted by Crippen LogP contribution is -2.00. The summed E-state index contributed by atoms with van der Waals surface area (Å²) in [6.07, 6.45) is 5.90. The highest BCUT2D eigenvalue weighted by atomic mass is 32.2. The number of nitrogens with zero attached hydrogens (tertiary/aromatic N) is 5. The molecule has 3 aromatic heterocycles. The molecule has 0 saturated carbocycles. The molecule has 3 heterocycles. The van der Waals surface area contributed by atoms with E-state index in [9.17, 15) is 0 Å². The van der Waals surface area contributed by atoms with E-state index in [1.165, 1.54) is 0 Å². The number of aryl methyl sites for hydroxylation is 1. The predicted octanol–water partition coefficient (Wildman–Crippen LogP) is 2.71. The van der Waals surface area contributed by atoms with Crippen LogP contribution in [0.25, 0.3) is 5.65 Å². The maximum absolute atomic E-state index is 4.57. The van der Waals surface area contributed by atoms with E-state index in [-0.39, 0.29) is 0 Å². The smallest absolute Gasteiger partial charge is 0.191 e. The van der Waals surface area contributed by atoms with Crippen molar-refractivity contribution < 1.29 is 0 Å². The highest BCUT2D eigenvalue weighted by Gasteiger charge is 2.09. The standard InChI is InChI=1S/C14H15N5S/c1-3-7-19-11(2)16-17-14(19)20-10-12-9-18-8-5-4-6-13(18)15-12/h3-6,8-9H,1,7,10H2,2H3. The minimum atomic E-state index is 0.729. The lowest BCUT2D eigenvalue weighted by atomic mass is 10.5. The molecule has 0 aliphatic rings. The van der Waals surface area contributed by atoms with Gasteiger partial charge in [0.15, 0.2) is 5.16 Å². The van der Waals surface area contributed by atoms with Gasteiger partial charge in [-0.2, -0.15) is 0 Å². The number of allylic oxidation sites excluding steroid dienone is 1. The normalized spacial score (nSPS) is 11.1. The molecule has 0 aliphatic heterocycles. The Balaban J connectivity index is 1.77. The third kappa shape index (κ3) is 2.46. The molecule has 0 amide bonds. The average Bonchev–Trinajstić information content (AvgIpc) is 3.02. The Kier molecular flexibility index (Phi) is 3.56. The molecule has 0 atom stereocenters. The van der Waals surface area contributed by atoms with Crippen molar-refractivity contribution in [2.45, 2.75) is 24.4 Å². The summed E-state index contributed by atoms with van der Waals surface area (Å²) in [7, 11) is 0. The largest absolute Gasteiger partial charge is 0.307 e. The van der Waals surface area contributed by atoms with Gasteiger partial charge in [0.2, 0.25) is 0 Å². The predicted molar refractivity (Wildman–Crippen MR) is 79.7 cm³/mol. The zero-order valence-electron chi connectivity index (χ0n) is 11.2. The zero-order chi connectivity index (χ0) is 13.9. The summed E-state index contributed by atoms with van der Waals surface area (Å²) < 4.78 is 4.07. The van der Waals surface area contributed by atoms with Crippen LogP contribution in [0.4, 0.5) is 0 Å². The van der Waals surface area contributed by atoms with Gasteiger partial charge in [-0.05, 0) is 19.1 Å². The Labute approximate surface area is 121 Å². The summed E-state index contributed by atoms with van der Waals surface area (Å²) in [5, 5.41) is 9.21. The van der Waals surface area contributed by atoms with Gasteiger partial charge in [0.25, 0.3) is 0 Å². The average molecular weight is 285 g/mol. The molecule has 3 rings (SSSR count). The molecular formula is C14H15N5S. The van der Waals surface area contributed by atoms with E-state index < -0.39 is 0 Å². The molecule has 0 aromatic carbocycles. The first-order valence-electron chi connectivity index (χ1n) is 6.34. The molecule has 0 bridgehead atoms. The SMILES string of the molecule is C=CCn1c(C)nnc1SCc1cn2ccccc2n1. The summed E-state index contributed by atoms with van der Waals surface area (Å²) in [6.45, 7) is 6.44. The van der Waals surface area contributed by atoms with Gasteiger partial charge in [-0.15, -0.1) is 16.8 Å². The Morgan fingerprint density at radius 3 is 3.05 bits per heavy atom. The Bertz CT molecular complexity index is 710. The van der Waals surface area contributed by atoms with Crippen LogP contribution in [0, 0.1) is 6.92 Å². The van der Waals surface area contributed by atoms with E-state index in [4.69, 9.17) is 0 Å². The molecule has 0 N–H and O–H groups in total. The van der Waals surface area contributed by atoms with Gasteiger partial charge in [0, 0.05) is 24.7 Å². The van der Waals surface area contributed by atoms with E-state index in [0.29, 0.717) is 0 Å². The van der Waals surface area contributed by atoms with Crippen LogP contribution in [0.3, 0.4) is 0 Å². The zero-order valence-corrected chi connectivity index (χ0v) is 12.0. The fourth-order valence-corrected chi connectivity index (χ4v) is 2.88. The number of fused-ring (bicyclic) bond motifs is 1.